The van der Waals surface area contributed by atoms with Crippen LogP contribution in [0.4, 0.5) is 0 Å². The fourth-order valence-electron chi connectivity index (χ4n) is 2.44. The predicted octanol–water partition coefficient (Wildman–Crippen LogP) is -0.253. The third-order valence-corrected chi connectivity index (χ3v) is 3.95. The van der Waals surface area contributed by atoms with Crippen LogP contribution in [0.5, 0.6) is 0 Å². The number of hydrogen-bond acceptors (Lipinski definition) is 3. The van der Waals surface area contributed by atoms with E-state index in [1.807, 2.05) is 0 Å². The van der Waals surface area contributed by atoms with Crippen molar-refractivity contribution in [1.29, 1.82) is 0 Å². The first-order valence-corrected chi connectivity index (χ1v) is 6.50. The summed E-state index contributed by atoms with van der Waals surface area (Å²) in [6.07, 6.45) is 5.37. The van der Waals surface area contributed by atoms with Crippen LogP contribution in [-0.4, -0.2) is 40.9 Å². The average molecular weight is 237 g/mol. The van der Waals surface area contributed by atoms with Gasteiger partial charge in [-0.15, -0.1) is 0 Å². The minimum Gasteiger partial charge on any atom is -0.352 e. The van der Waals surface area contributed by atoms with Gasteiger partial charge < -0.3 is 16.0 Å². The largest absolute Gasteiger partial charge is 0.352 e. The van der Waals surface area contributed by atoms with E-state index < -0.39 is 5.54 Å². The Kier molecular flexibility index (Phi) is 2.40. The Morgan fingerprint density at radius 1 is 1.24 bits per heavy atom. The molecule has 5 heteroatoms. The Labute approximate surface area is 101 Å². The number of carbonyl (C=O) groups excluding carboxylic acids is 2. The van der Waals surface area contributed by atoms with Gasteiger partial charge >= 0.3 is 0 Å². The van der Waals surface area contributed by atoms with Gasteiger partial charge in [-0.05, 0) is 38.5 Å². The zero-order valence-electron chi connectivity index (χ0n) is 9.95. The van der Waals surface area contributed by atoms with Gasteiger partial charge in [-0.25, -0.2) is 0 Å². The zero-order valence-corrected chi connectivity index (χ0v) is 9.95. The van der Waals surface area contributed by atoms with Gasteiger partial charge in [0, 0.05) is 12.6 Å². The molecule has 0 spiro atoms. The first-order valence-electron chi connectivity index (χ1n) is 6.50. The second kappa shape index (κ2) is 3.70. The summed E-state index contributed by atoms with van der Waals surface area (Å²) in [5, 5.41) is 2.98. The molecule has 2 amide bonds. The van der Waals surface area contributed by atoms with Gasteiger partial charge in [0.15, 0.2) is 0 Å². The minimum absolute atomic E-state index is 0.0163. The van der Waals surface area contributed by atoms with Crippen molar-refractivity contribution in [3.63, 3.8) is 0 Å². The minimum atomic E-state index is -0.650. The van der Waals surface area contributed by atoms with Crippen molar-refractivity contribution in [1.82, 2.24) is 10.2 Å². The molecule has 1 heterocycles. The lowest BCUT2D eigenvalue weighted by Crippen LogP contribution is -2.52. The molecule has 0 aromatic rings. The number of amides is 2. The van der Waals surface area contributed by atoms with E-state index in [1.165, 1.54) is 0 Å². The van der Waals surface area contributed by atoms with Crippen LogP contribution in [0.2, 0.25) is 0 Å². The van der Waals surface area contributed by atoms with Crippen LogP contribution in [0.25, 0.3) is 0 Å². The SMILES string of the molecule is NC1(C(=O)N2CCCC2C(=O)NC2CC2)CC1. The second-order valence-corrected chi connectivity index (χ2v) is 5.60. The average Bonchev–Trinajstić information content (AvgIpc) is 3.20. The lowest BCUT2D eigenvalue weighted by Gasteiger charge is -2.26. The van der Waals surface area contributed by atoms with Crippen LogP contribution in [0, 0.1) is 0 Å². The monoisotopic (exact) mass is 237 g/mol. The van der Waals surface area contributed by atoms with E-state index in [1.54, 1.807) is 4.90 Å². The van der Waals surface area contributed by atoms with Crippen molar-refractivity contribution in [2.75, 3.05) is 6.54 Å². The number of nitrogens with zero attached hydrogens (tertiary/aromatic N) is 1. The Bertz CT molecular complexity index is 361. The van der Waals surface area contributed by atoms with Crippen LogP contribution >= 0.6 is 0 Å². The molecular weight excluding hydrogens is 218 g/mol. The molecule has 3 N–H and O–H groups in total. The van der Waals surface area contributed by atoms with Gasteiger partial charge in [0.1, 0.15) is 6.04 Å². The highest BCUT2D eigenvalue weighted by molar-refractivity contribution is 5.94. The maximum atomic E-state index is 12.2. The molecule has 0 aromatic carbocycles. The number of hydrogen-bond donors (Lipinski definition) is 2. The molecular formula is C12H19N3O2. The molecule has 5 nitrogen and oxygen atoms in total. The smallest absolute Gasteiger partial charge is 0.243 e. The van der Waals surface area contributed by atoms with E-state index in [4.69, 9.17) is 5.73 Å². The lowest BCUT2D eigenvalue weighted by atomic mass is 10.1. The Hall–Kier alpha value is -1.10. The van der Waals surface area contributed by atoms with Crippen molar-refractivity contribution in [3.05, 3.63) is 0 Å². The summed E-state index contributed by atoms with van der Waals surface area (Å²) in [4.78, 5) is 25.9. The topological polar surface area (TPSA) is 75.4 Å². The van der Waals surface area contributed by atoms with Crippen molar-refractivity contribution < 1.29 is 9.59 Å². The van der Waals surface area contributed by atoms with E-state index >= 15 is 0 Å². The van der Waals surface area contributed by atoms with Crippen LogP contribution < -0.4 is 11.1 Å². The molecule has 1 unspecified atom stereocenters. The van der Waals surface area contributed by atoms with Crippen molar-refractivity contribution >= 4 is 11.8 Å². The highest BCUT2D eigenvalue weighted by atomic mass is 16.2. The maximum absolute atomic E-state index is 12.2. The lowest BCUT2D eigenvalue weighted by molar-refractivity contribution is -0.140. The van der Waals surface area contributed by atoms with Crippen LogP contribution in [0.3, 0.4) is 0 Å². The summed E-state index contributed by atoms with van der Waals surface area (Å²) in [6, 6.07) is 0.0805. The van der Waals surface area contributed by atoms with E-state index in [9.17, 15) is 9.59 Å². The van der Waals surface area contributed by atoms with E-state index in [0.717, 1.165) is 38.5 Å². The van der Waals surface area contributed by atoms with Crippen molar-refractivity contribution in [2.24, 2.45) is 5.73 Å². The van der Waals surface area contributed by atoms with Crippen LogP contribution in [0.15, 0.2) is 0 Å². The first kappa shape index (κ1) is 11.0. The molecule has 1 atom stereocenters. The molecule has 3 rings (SSSR count). The third-order valence-electron chi connectivity index (χ3n) is 3.95. The molecule has 0 radical (unpaired) electrons. The van der Waals surface area contributed by atoms with Gasteiger partial charge in [-0.2, -0.15) is 0 Å². The summed E-state index contributed by atoms with van der Waals surface area (Å²) in [7, 11) is 0. The molecule has 1 saturated heterocycles. The number of nitrogens with one attached hydrogen (secondary N) is 1. The fourth-order valence-corrected chi connectivity index (χ4v) is 2.44. The van der Waals surface area contributed by atoms with Crippen molar-refractivity contribution in [2.45, 2.75) is 56.1 Å². The Morgan fingerprint density at radius 2 is 1.94 bits per heavy atom. The first-order chi connectivity index (χ1) is 8.10. The van der Waals surface area contributed by atoms with Crippen molar-refractivity contribution in [3.8, 4) is 0 Å². The molecule has 3 aliphatic rings. The molecule has 1 aliphatic heterocycles. The predicted molar refractivity (Wildman–Crippen MR) is 62.1 cm³/mol. The molecule has 2 saturated carbocycles. The Morgan fingerprint density at radius 3 is 2.53 bits per heavy atom. The van der Waals surface area contributed by atoms with Gasteiger partial charge in [0.2, 0.25) is 11.8 Å². The summed E-state index contributed by atoms with van der Waals surface area (Å²) in [5.41, 5.74) is 5.27. The fraction of sp³-hybridized carbons (Fsp3) is 0.833. The van der Waals surface area contributed by atoms with E-state index in [2.05, 4.69) is 5.32 Å². The standard InChI is InChI=1S/C12H19N3O2/c13-12(5-6-12)11(17)15-7-1-2-9(15)10(16)14-8-3-4-8/h8-9H,1-7,13H2,(H,14,16). The third kappa shape index (κ3) is 2.04. The molecule has 2 aliphatic carbocycles. The number of nitrogens with two attached hydrogens (primary N) is 1. The van der Waals surface area contributed by atoms with E-state index in [0.29, 0.717) is 12.6 Å². The number of rotatable bonds is 3. The highest BCUT2D eigenvalue weighted by Crippen LogP contribution is 2.36. The number of likely N-dealkylation sites (tertiary alicyclic amines) is 1. The van der Waals surface area contributed by atoms with Gasteiger partial charge in [-0.1, -0.05) is 0 Å². The molecule has 0 bridgehead atoms. The summed E-state index contributed by atoms with van der Waals surface area (Å²) >= 11 is 0. The molecule has 3 fully saturated rings. The molecule has 17 heavy (non-hydrogen) atoms. The van der Waals surface area contributed by atoms with E-state index in [-0.39, 0.29) is 17.9 Å². The summed E-state index contributed by atoms with van der Waals surface area (Å²) in [6.45, 7) is 0.681. The second-order valence-electron chi connectivity index (χ2n) is 5.60. The zero-order chi connectivity index (χ0) is 12.0. The number of carbonyl (C=O) groups is 2. The Balaban J connectivity index is 1.66. The van der Waals surface area contributed by atoms with Gasteiger partial charge in [-0.3, -0.25) is 9.59 Å². The van der Waals surface area contributed by atoms with Crippen LogP contribution in [-0.2, 0) is 9.59 Å². The molecule has 0 aromatic heterocycles. The summed E-state index contributed by atoms with van der Waals surface area (Å²) < 4.78 is 0. The van der Waals surface area contributed by atoms with Gasteiger partial charge in [0.25, 0.3) is 0 Å². The quantitative estimate of drug-likeness (QED) is 0.710. The summed E-state index contributed by atoms with van der Waals surface area (Å²) in [5.74, 6) is -0.00598. The normalized spacial score (nSPS) is 30.2. The maximum Gasteiger partial charge on any atom is 0.243 e. The highest BCUT2D eigenvalue weighted by Gasteiger charge is 2.51. The van der Waals surface area contributed by atoms with Crippen LogP contribution in [0.1, 0.15) is 38.5 Å². The van der Waals surface area contributed by atoms with Gasteiger partial charge in [0.05, 0.1) is 5.54 Å². The molecule has 94 valence electrons.